The van der Waals surface area contributed by atoms with E-state index in [9.17, 15) is 9.90 Å². The molecule has 0 fully saturated rings. The summed E-state index contributed by atoms with van der Waals surface area (Å²) in [6, 6.07) is 3.51. The van der Waals surface area contributed by atoms with Crippen molar-refractivity contribution in [2.24, 2.45) is 0 Å². The van der Waals surface area contributed by atoms with Crippen molar-refractivity contribution >= 4 is 6.09 Å². The van der Waals surface area contributed by atoms with Crippen molar-refractivity contribution in [3.8, 4) is 0 Å². The van der Waals surface area contributed by atoms with Gasteiger partial charge in [0.25, 0.3) is 0 Å². The fourth-order valence-electron chi connectivity index (χ4n) is 1.93. The van der Waals surface area contributed by atoms with Crippen LogP contribution in [0.15, 0.2) is 16.5 Å². The number of nitrogens with zero attached hydrogens (tertiary/aromatic N) is 1. The predicted molar refractivity (Wildman–Crippen MR) is 85.8 cm³/mol. The Morgan fingerprint density at radius 2 is 2.04 bits per heavy atom. The number of furan rings is 1. The van der Waals surface area contributed by atoms with E-state index in [1.54, 1.807) is 39.8 Å². The first-order valence-electron chi connectivity index (χ1n) is 7.76. The highest BCUT2D eigenvalue weighted by molar-refractivity contribution is 5.68. The quantitative estimate of drug-likeness (QED) is 0.626. The zero-order valence-corrected chi connectivity index (χ0v) is 14.3. The van der Waals surface area contributed by atoms with Crippen LogP contribution in [0.25, 0.3) is 0 Å². The number of hydrogen-bond acceptors (Lipinski definition) is 6. The molecule has 1 atom stereocenters. The Kier molecular flexibility index (Phi) is 7.54. The van der Waals surface area contributed by atoms with Crippen LogP contribution in [0.4, 0.5) is 4.79 Å². The van der Waals surface area contributed by atoms with Crippen molar-refractivity contribution in [3.63, 3.8) is 0 Å². The topological polar surface area (TPSA) is 95.2 Å². The molecule has 0 aliphatic heterocycles. The van der Waals surface area contributed by atoms with Crippen LogP contribution in [0.5, 0.6) is 0 Å². The molecule has 1 unspecified atom stereocenters. The molecule has 7 nitrogen and oxygen atoms in total. The summed E-state index contributed by atoms with van der Waals surface area (Å²) in [5.74, 6) is 1.24. The van der Waals surface area contributed by atoms with E-state index in [1.165, 1.54) is 4.90 Å². The first-order chi connectivity index (χ1) is 10.7. The summed E-state index contributed by atoms with van der Waals surface area (Å²) >= 11 is 0. The second-order valence-electron chi connectivity index (χ2n) is 6.48. The van der Waals surface area contributed by atoms with Crippen molar-refractivity contribution < 1.29 is 24.2 Å². The summed E-state index contributed by atoms with van der Waals surface area (Å²) in [6.45, 7) is 8.57. The largest absolute Gasteiger partial charge is 0.462 e. The molecule has 1 heterocycles. The van der Waals surface area contributed by atoms with Gasteiger partial charge in [-0.2, -0.15) is 0 Å². The van der Waals surface area contributed by atoms with E-state index in [-0.39, 0.29) is 13.2 Å². The molecule has 0 radical (unpaired) electrons. The number of aliphatic hydroxyl groups excluding tert-OH is 2. The minimum atomic E-state index is -0.625. The summed E-state index contributed by atoms with van der Waals surface area (Å²) < 4.78 is 10.7. The van der Waals surface area contributed by atoms with Crippen LogP contribution in [0, 0.1) is 0 Å². The molecule has 1 aromatic rings. The molecule has 1 rings (SSSR count). The molecule has 132 valence electrons. The molecular formula is C16H28N2O5. The van der Waals surface area contributed by atoms with Gasteiger partial charge in [0.15, 0.2) is 0 Å². The average molecular weight is 328 g/mol. The van der Waals surface area contributed by atoms with Gasteiger partial charge >= 0.3 is 6.09 Å². The first-order valence-corrected chi connectivity index (χ1v) is 7.76. The highest BCUT2D eigenvalue weighted by Crippen LogP contribution is 2.10. The normalized spacial score (nSPS) is 13.0. The minimum Gasteiger partial charge on any atom is -0.462 e. The van der Waals surface area contributed by atoms with Crippen LogP contribution in [0.3, 0.4) is 0 Å². The van der Waals surface area contributed by atoms with Gasteiger partial charge in [0.1, 0.15) is 23.7 Å². The zero-order valence-electron chi connectivity index (χ0n) is 14.3. The van der Waals surface area contributed by atoms with E-state index in [1.807, 2.05) is 0 Å². The standard InChI is InChI=1S/C16H28N2O5/c1-12(20)10-18(15(21)23-16(2,3)4)8-7-17-9-13-5-6-14(11-19)22-13/h5-6,12,17,19-20H,7-11H2,1-4H3. The number of aliphatic hydroxyl groups is 2. The SMILES string of the molecule is CC(O)CN(CCNCc1ccc(CO)o1)C(=O)OC(C)(C)C. The molecule has 0 bridgehead atoms. The summed E-state index contributed by atoms with van der Waals surface area (Å²) in [5.41, 5.74) is -0.573. The summed E-state index contributed by atoms with van der Waals surface area (Å²) in [7, 11) is 0. The molecule has 0 saturated carbocycles. The Bertz CT molecular complexity index is 479. The zero-order chi connectivity index (χ0) is 17.5. The lowest BCUT2D eigenvalue weighted by atomic mass is 10.2. The van der Waals surface area contributed by atoms with Crippen LogP contribution >= 0.6 is 0 Å². The molecule has 1 aromatic heterocycles. The molecule has 7 heteroatoms. The van der Waals surface area contributed by atoms with Crippen molar-refractivity contribution in [3.05, 3.63) is 23.7 Å². The van der Waals surface area contributed by atoms with Gasteiger partial charge in [0.2, 0.25) is 0 Å². The maximum absolute atomic E-state index is 12.1. The lowest BCUT2D eigenvalue weighted by Crippen LogP contribution is -2.43. The Labute approximate surface area is 137 Å². The van der Waals surface area contributed by atoms with Crippen LogP contribution in [-0.2, 0) is 17.9 Å². The van der Waals surface area contributed by atoms with Crippen LogP contribution in [-0.4, -0.2) is 52.5 Å². The molecule has 1 amide bonds. The molecule has 0 saturated heterocycles. The molecule has 0 aliphatic rings. The number of carbonyl (C=O) groups excluding carboxylic acids is 1. The van der Waals surface area contributed by atoms with Crippen molar-refractivity contribution in [2.75, 3.05) is 19.6 Å². The van der Waals surface area contributed by atoms with Crippen molar-refractivity contribution in [1.29, 1.82) is 0 Å². The van der Waals surface area contributed by atoms with E-state index in [2.05, 4.69) is 5.32 Å². The molecule has 0 spiro atoms. The number of amides is 1. The van der Waals surface area contributed by atoms with E-state index in [0.29, 0.717) is 31.2 Å². The molecular weight excluding hydrogens is 300 g/mol. The van der Waals surface area contributed by atoms with Crippen LogP contribution < -0.4 is 5.32 Å². The lowest BCUT2D eigenvalue weighted by Gasteiger charge is -2.28. The maximum Gasteiger partial charge on any atom is 0.410 e. The Morgan fingerprint density at radius 1 is 1.39 bits per heavy atom. The van der Waals surface area contributed by atoms with Crippen molar-refractivity contribution in [2.45, 2.75) is 52.6 Å². The summed E-state index contributed by atoms with van der Waals surface area (Å²) in [4.78, 5) is 13.6. The first kappa shape index (κ1) is 19.5. The predicted octanol–water partition coefficient (Wildman–Crippen LogP) is 1.48. The van der Waals surface area contributed by atoms with Gasteiger partial charge in [-0.25, -0.2) is 4.79 Å². The van der Waals surface area contributed by atoms with Crippen LogP contribution in [0.1, 0.15) is 39.2 Å². The minimum absolute atomic E-state index is 0.124. The van der Waals surface area contributed by atoms with E-state index in [0.717, 1.165) is 0 Å². The van der Waals surface area contributed by atoms with Gasteiger partial charge in [-0.3, -0.25) is 0 Å². The molecule has 0 aromatic carbocycles. The number of rotatable bonds is 8. The van der Waals surface area contributed by atoms with E-state index < -0.39 is 17.8 Å². The van der Waals surface area contributed by atoms with Crippen molar-refractivity contribution in [1.82, 2.24) is 10.2 Å². The number of carbonyl (C=O) groups is 1. The highest BCUT2D eigenvalue weighted by Gasteiger charge is 2.22. The third-order valence-electron chi connectivity index (χ3n) is 2.87. The average Bonchev–Trinajstić information content (AvgIpc) is 2.87. The Hall–Kier alpha value is -1.57. The van der Waals surface area contributed by atoms with Gasteiger partial charge in [-0.15, -0.1) is 0 Å². The van der Waals surface area contributed by atoms with E-state index >= 15 is 0 Å². The van der Waals surface area contributed by atoms with Gasteiger partial charge < -0.3 is 29.6 Å². The smallest absolute Gasteiger partial charge is 0.410 e. The fraction of sp³-hybridized carbons (Fsp3) is 0.688. The van der Waals surface area contributed by atoms with Gasteiger partial charge in [-0.1, -0.05) is 0 Å². The third kappa shape index (κ3) is 8.01. The highest BCUT2D eigenvalue weighted by atomic mass is 16.6. The Balaban J connectivity index is 2.42. The molecule has 0 aliphatic carbocycles. The van der Waals surface area contributed by atoms with Gasteiger partial charge in [0, 0.05) is 19.6 Å². The fourth-order valence-corrected chi connectivity index (χ4v) is 1.93. The number of hydrogen-bond donors (Lipinski definition) is 3. The second-order valence-corrected chi connectivity index (χ2v) is 6.48. The van der Waals surface area contributed by atoms with E-state index in [4.69, 9.17) is 14.3 Å². The van der Waals surface area contributed by atoms with Gasteiger partial charge in [0.05, 0.1) is 12.6 Å². The third-order valence-corrected chi connectivity index (χ3v) is 2.87. The molecule has 23 heavy (non-hydrogen) atoms. The second kappa shape index (κ2) is 8.90. The summed E-state index contributed by atoms with van der Waals surface area (Å²) in [6.07, 6.45) is -1.07. The Morgan fingerprint density at radius 3 is 2.57 bits per heavy atom. The van der Waals surface area contributed by atoms with Gasteiger partial charge in [-0.05, 0) is 39.8 Å². The lowest BCUT2D eigenvalue weighted by molar-refractivity contribution is 0.0164. The van der Waals surface area contributed by atoms with Crippen LogP contribution in [0.2, 0.25) is 0 Å². The monoisotopic (exact) mass is 328 g/mol. The number of ether oxygens (including phenoxy) is 1. The summed E-state index contributed by atoms with van der Waals surface area (Å²) in [5, 5.41) is 21.6. The molecule has 3 N–H and O–H groups in total. The number of nitrogens with one attached hydrogen (secondary N) is 1. The maximum atomic E-state index is 12.1.